The van der Waals surface area contributed by atoms with Gasteiger partial charge in [0, 0.05) is 61.9 Å². The second kappa shape index (κ2) is 7.81. The Balaban J connectivity index is 1.62. The highest BCUT2D eigenvalue weighted by Gasteiger charge is 2.19. The van der Waals surface area contributed by atoms with E-state index < -0.39 is 0 Å². The van der Waals surface area contributed by atoms with Crippen LogP contribution in [0.3, 0.4) is 0 Å². The molecule has 1 fully saturated rings. The fourth-order valence-corrected chi connectivity index (χ4v) is 3.57. The lowest BCUT2D eigenvalue weighted by molar-refractivity contribution is 0.200. The summed E-state index contributed by atoms with van der Waals surface area (Å²) in [4.78, 5) is 6.79. The fourth-order valence-electron chi connectivity index (χ4n) is 3.57. The molecule has 0 radical (unpaired) electrons. The molecule has 0 bridgehead atoms. The zero-order valence-corrected chi connectivity index (χ0v) is 15.2. The molecule has 1 aliphatic heterocycles. The maximum absolute atomic E-state index is 4.89. The van der Waals surface area contributed by atoms with Gasteiger partial charge < -0.3 is 5.32 Å². The minimum Gasteiger partial charge on any atom is -0.312 e. The maximum Gasteiger partial charge on any atom is 0.0983 e. The van der Waals surface area contributed by atoms with E-state index in [1.807, 2.05) is 24.5 Å². The standard InChI is InChI=1S/C21H25N5/c1-17-13-25(11-10-23-17)15-20-16-26(14-18-6-3-2-4-7-18)24-21(20)19-8-5-9-22-12-19/h2-9,12,16-17,23H,10-11,13-15H2,1H3/t17-/m1/s1. The third-order valence-corrected chi connectivity index (χ3v) is 4.81. The van der Waals surface area contributed by atoms with Crippen molar-refractivity contribution in [2.75, 3.05) is 19.6 Å². The van der Waals surface area contributed by atoms with Crippen LogP contribution in [-0.4, -0.2) is 45.3 Å². The van der Waals surface area contributed by atoms with Gasteiger partial charge in [-0.3, -0.25) is 14.6 Å². The van der Waals surface area contributed by atoms with Crippen LogP contribution < -0.4 is 5.32 Å². The molecule has 1 saturated heterocycles. The van der Waals surface area contributed by atoms with E-state index in [1.54, 1.807) is 0 Å². The van der Waals surface area contributed by atoms with Crippen molar-refractivity contribution >= 4 is 0 Å². The molecule has 5 nitrogen and oxygen atoms in total. The summed E-state index contributed by atoms with van der Waals surface area (Å²) in [5.41, 5.74) is 4.65. The summed E-state index contributed by atoms with van der Waals surface area (Å²) in [5.74, 6) is 0. The first-order chi connectivity index (χ1) is 12.8. The fraction of sp³-hybridized carbons (Fsp3) is 0.333. The number of rotatable bonds is 5. The smallest absolute Gasteiger partial charge is 0.0983 e. The molecule has 3 heterocycles. The van der Waals surface area contributed by atoms with Crippen molar-refractivity contribution in [3.8, 4) is 11.3 Å². The molecule has 3 aromatic rings. The number of nitrogens with zero attached hydrogens (tertiary/aromatic N) is 4. The van der Waals surface area contributed by atoms with E-state index in [0.29, 0.717) is 6.04 Å². The third kappa shape index (κ3) is 4.00. The molecule has 1 N–H and O–H groups in total. The van der Waals surface area contributed by atoms with Gasteiger partial charge in [-0.15, -0.1) is 0 Å². The number of aromatic nitrogens is 3. The molecule has 1 aliphatic rings. The van der Waals surface area contributed by atoms with Crippen LogP contribution in [-0.2, 0) is 13.1 Å². The Bertz CT molecular complexity index is 828. The first-order valence-corrected chi connectivity index (χ1v) is 9.24. The second-order valence-electron chi connectivity index (χ2n) is 7.02. The van der Waals surface area contributed by atoms with Crippen LogP contribution in [0.1, 0.15) is 18.1 Å². The van der Waals surface area contributed by atoms with E-state index in [0.717, 1.165) is 44.0 Å². The molecule has 0 spiro atoms. The molecule has 4 rings (SSSR count). The average Bonchev–Trinajstić information content (AvgIpc) is 3.05. The van der Waals surface area contributed by atoms with Crippen molar-refractivity contribution in [3.05, 3.63) is 72.2 Å². The Morgan fingerprint density at radius 2 is 2.00 bits per heavy atom. The van der Waals surface area contributed by atoms with Crippen LogP contribution in [0.5, 0.6) is 0 Å². The summed E-state index contributed by atoms with van der Waals surface area (Å²) in [6.45, 7) is 7.13. The van der Waals surface area contributed by atoms with Gasteiger partial charge in [0.15, 0.2) is 0 Å². The van der Waals surface area contributed by atoms with Gasteiger partial charge in [-0.25, -0.2) is 0 Å². The Morgan fingerprint density at radius 3 is 2.77 bits per heavy atom. The van der Waals surface area contributed by atoms with E-state index in [1.165, 1.54) is 11.1 Å². The van der Waals surface area contributed by atoms with Crippen LogP contribution in [0.25, 0.3) is 11.3 Å². The summed E-state index contributed by atoms with van der Waals surface area (Å²) in [7, 11) is 0. The molecule has 1 atom stereocenters. The van der Waals surface area contributed by atoms with Gasteiger partial charge in [-0.05, 0) is 24.6 Å². The lowest BCUT2D eigenvalue weighted by Gasteiger charge is -2.31. The Hall–Kier alpha value is -2.50. The normalized spacial score (nSPS) is 18.1. The van der Waals surface area contributed by atoms with Crippen molar-refractivity contribution in [2.45, 2.75) is 26.1 Å². The Labute approximate surface area is 154 Å². The van der Waals surface area contributed by atoms with Gasteiger partial charge in [-0.2, -0.15) is 5.10 Å². The number of hydrogen-bond donors (Lipinski definition) is 1. The van der Waals surface area contributed by atoms with Crippen LogP contribution in [0.2, 0.25) is 0 Å². The van der Waals surface area contributed by atoms with Crippen LogP contribution >= 0.6 is 0 Å². The minimum atomic E-state index is 0.532. The van der Waals surface area contributed by atoms with E-state index in [4.69, 9.17) is 5.10 Å². The molecule has 0 saturated carbocycles. The summed E-state index contributed by atoms with van der Waals surface area (Å²) >= 11 is 0. The Kier molecular flexibility index (Phi) is 5.09. The first kappa shape index (κ1) is 16.9. The summed E-state index contributed by atoms with van der Waals surface area (Å²) in [6.07, 6.45) is 5.91. The van der Waals surface area contributed by atoms with Crippen LogP contribution in [0.4, 0.5) is 0 Å². The van der Waals surface area contributed by atoms with E-state index in [9.17, 15) is 0 Å². The monoisotopic (exact) mass is 347 g/mol. The predicted octanol–water partition coefficient (Wildman–Crippen LogP) is 2.79. The van der Waals surface area contributed by atoms with E-state index >= 15 is 0 Å². The van der Waals surface area contributed by atoms with Crippen molar-refractivity contribution in [1.29, 1.82) is 0 Å². The summed E-state index contributed by atoms with van der Waals surface area (Å²) in [5, 5.41) is 8.40. The highest BCUT2D eigenvalue weighted by atomic mass is 15.3. The van der Waals surface area contributed by atoms with Crippen molar-refractivity contribution in [2.24, 2.45) is 0 Å². The third-order valence-electron chi connectivity index (χ3n) is 4.81. The average molecular weight is 347 g/mol. The SMILES string of the molecule is C[C@@H]1CN(Cc2cn(Cc3ccccc3)nc2-c2cccnc2)CCN1. The van der Waals surface area contributed by atoms with Crippen LogP contribution in [0, 0.1) is 0 Å². The minimum absolute atomic E-state index is 0.532. The summed E-state index contributed by atoms with van der Waals surface area (Å²) < 4.78 is 2.05. The zero-order valence-electron chi connectivity index (χ0n) is 15.2. The molecule has 5 heteroatoms. The molecule has 2 aromatic heterocycles. The molecule has 26 heavy (non-hydrogen) atoms. The molecule has 134 valence electrons. The number of hydrogen-bond acceptors (Lipinski definition) is 4. The van der Waals surface area contributed by atoms with Crippen LogP contribution in [0.15, 0.2) is 61.1 Å². The van der Waals surface area contributed by atoms with Gasteiger partial charge in [0.25, 0.3) is 0 Å². The molecule has 0 unspecified atom stereocenters. The van der Waals surface area contributed by atoms with Gasteiger partial charge in [0.05, 0.1) is 12.2 Å². The molecule has 1 aromatic carbocycles. The highest BCUT2D eigenvalue weighted by Crippen LogP contribution is 2.23. The largest absolute Gasteiger partial charge is 0.312 e. The lowest BCUT2D eigenvalue weighted by atomic mass is 10.1. The Morgan fingerprint density at radius 1 is 1.12 bits per heavy atom. The van der Waals surface area contributed by atoms with Crippen molar-refractivity contribution in [3.63, 3.8) is 0 Å². The topological polar surface area (TPSA) is 46.0 Å². The number of benzene rings is 1. The van der Waals surface area contributed by atoms with E-state index in [2.05, 4.69) is 63.3 Å². The van der Waals surface area contributed by atoms with Gasteiger partial charge in [0.1, 0.15) is 0 Å². The van der Waals surface area contributed by atoms with Crippen molar-refractivity contribution < 1.29 is 0 Å². The molecule has 0 aliphatic carbocycles. The zero-order chi connectivity index (χ0) is 17.8. The van der Waals surface area contributed by atoms with Crippen molar-refractivity contribution in [1.82, 2.24) is 25.0 Å². The second-order valence-corrected chi connectivity index (χ2v) is 7.02. The predicted molar refractivity (Wildman–Crippen MR) is 104 cm³/mol. The van der Waals surface area contributed by atoms with E-state index in [-0.39, 0.29) is 0 Å². The maximum atomic E-state index is 4.89. The molecular weight excluding hydrogens is 322 g/mol. The number of nitrogens with one attached hydrogen (secondary N) is 1. The van der Waals surface area contributed by atoms with Gasteiger partial charge in [0.2, 0.25) is 0 Å². The first-order valence-electron chi connectivity index (χ1n) is 9.24. The number of pyridine rings is 1. The van der Waals surface area contributed by atoms with Gasteiger partial charge in [-0.1, -0.05) is 30.3 Å². The highest BCUT2D eigenvalue weighted by molar-refractivity contribution is 5.61. The molecule has 0 amide bonds. The van der Waals surface area contributed by atoms with Gasteiger partial charge >= 0.3 is 0 Å². The summed E-state index contributed by atoms with van der Waals surface area (Å²) in [6, 6.07) is 15.1. The quantitative estimate of drug-likeness (QED) is 0.771. The molecular formula is C21H25N5. The lowest BCUT2D eigenvalue weighted by Crippen LogP contribution is -2.48. The number of piperazine rings is 1.